The Morgan fingerprint density at radius 2 is 2.52 bits per heavy atom. The average Bonchev–Trinajstić information content (AvgIpc) is 2.95. The molecule has 2 atom stereocenters. The van der Waals surface area contributed by atoms with Crippen LogP contribution < -0.4 is 5.73 Å². The molecule has 7 nitrogen and oxygen atoms in total. The number of carbonyl (C=O) groups excluding carboxylic acids is 1. The Balaban J connectivity index is 1.89. The number of nitrogens with zero attached hydrogens (tertiary/aromatic N) is 2. The van der Waals surface area contributed by atoms with Gasteiger partial charge in [0.25, 0.3) is 5.91 Å². The maximum absolute atomic E-state index is 11.1. The molecule has 1 aromatic heterocycles. The normalized spacial score (nSPS) is 21.3. The van der Waals surface area contributed by atoms with Crippen molar-refractivity contribution in [2.24, 2.45) is 5.73 Å². The van der Waals surface area contributed by atoms with Crippen molar-refractivity contribution in [3.05, 3.63) is 17.5 Å². The quantitative estimate of drug-likeness (QED) is 0.661. The van der Waals surface area contributed by atoms with E-state index < -0.39 is 12.0 Å². The van der Waals surface area contributed by atoms with Crippen LogP contribution in [0.2, 0.25) is 0 Å². The van der Waals surface area contributed by atoms with Crippen molar-refractivity contribution in [1.29, 1.82) is 0 Å². The SMILES string of the molecule is CCOC[C@H](O)CN1CCC[C@H](c2cc(C(N)=O)n[nH]2)C1. The van der Waals surface area contributed by atoms with Crippen LogP contribution in [-0.4, -0.2) is 65.1 Å². The Labute approximate surface area is 124 Å². The first-order valence-electron chi connectivity index (χ1n) is 7.43. The number of aliphatic hydroxyl groups is 1. The second-order valence-electron chi connectivity index (χ2n) is 5.48. The molecule has 1 amide bonds. The van der Waals surface area contributed by atoms with Crippen LogP contribution in [0.15, 0.2) is 6.07 Å². The number of nitrogens with one attached hydrogen (secondary N) is 1. The standard InChI is InChI=1S/C14H24N4O3/c1-2-21-9-11(19)8-18-5-3-4-10(7-18)12-6-13(14(15)20)17-16-12/h6,10-11,19H,2-5,7-9H2,1H3,(H2,15,20)(H,16,17)/t10-,11+/m0/s1. The lowest BCUT2D eigenvalue weighted by molar-refractivity contribution is 0.0160. The molecule has 1 aromatic rings. The molecule has 1 fully saturated rings. The number of aliphatic hydroxyl groups excluding tert-OH is 1. The van der Waals surface area contributed by atoms with E-state index in [-0.39, 0.29) is 5.69 Å². The third kappa shape index (κ3) is 4.52. The van der Waals surface area contributed by atoms with Gasteiger partial charge in [-0.2, -0.15) is 5.10 Å². The molecule has 1 aliphatic rings. The molecule has 118 valence electrons. The fourth-order valence-corrected chi connectivity index (χ4v) is 2.75. The smallest absolute Gasteiger partial charge is 0.269 e. The Hall–Kier alpha value is -1.44. The minimum Gasteiger partial charge on any atom is -0.389 e. The summed E-state index contributed by atoms with van der Waals surface area (Å²) in [6, 6.07) is 1.73. The summed E-state index contributed by atoms with van der Waals surface area (Å²) in [5.74, 6) is -0.226. The second-order valence-corrected chi connectivity index (χ2v) is 5.48. The molecule has 1 saturated heterocycles. The number of carbonyl (C=O) groups is 1. The number of β-amino-alcohol motifs (C(OH)–C–C–N with tert-alkyl or cyclic N) is 1. The summed E-state index contributed by atoms with van der Waals surface area (Å²) in [5, 5.41) is 16.7. The largest absolute Gasteiger partial charge is 0.389 e. The second kappa shape index (κ2) is 7.53. The average molecular weight is 296 g/mol. The lowest BCUT2D eigenvalue weighted by Crippen LogP contribution is -2.40. The van der Waals surface area contributed by atoms with Crippen molar-refractivity contribution < 1.29 is 14.6 Å². The molecule has 2 rings (SSSR count). The number of hydrogen-bond acceptors (Lipinski definition) is 5. The monoisotopic (exact) mass is 296 g/mol. The van der Waals surface area contributed by atoms with Gasteiger partial charge in [-0.15, -0.1) is 0 Å². The number of piperidine rings is 1. The Morgan fingerprint density at radius 3 is 3.19 bits per heavy atom. The first kappa shape index (κ1) is 15.9. The Kier molecular flexibility index (Phi) is 5.72. The molecule has 0 aliphatic carbocycles. The van der Waals surface area contributed by atoms with Gasteiger partial charge in [0.2, 0.25) is 0 Å². The summed E-state index contributed by atoms with van der Waals surface area (Å²) >= 11 is 0. The molecular weight excluding hydrogens is 272 g/mol. The minimum atomic E-state index is -0.516. The van der Waals surface area contributed by atoms with Gasteiger partial charge < -0.3 is 20.5 Å². The van der Waals surface area contributed by atoms with Crippen molar-refractivity contribution in [2.45, 2.75) is 31.8 Å². The van der Waals surface area contributed by atoms with Gasteiger partial charge in [-0.3, -0.25) is 9.89 Å². The summed E-state index contributed by atoms with van der Waals surface area (Å²) in [7, 11) is 0. The third-order valence-corrected chi connectivity index (χ3v) is 3.78. The molecule has 0 unspecified atom stereocenters. The number of nitrogens with two attached hydrogens (primary N) is 1. The molecule has 0 saturated carbocycles. The van der Waals surface area contributed by atoms with Gasteiger partial charge in [0.05, 0.1) is 12.7 Å². The highest BCUT2D eigenvalue weighted by Crippen LogP contribution is 2.25. The number of rotatable bonds is 7. The highest BCUT2D eigenvalue weighted by molar-refractivity contribution is 5.90. The minimum absolute atomic E-state index is 0.276. The van der Waals surface area contributed by atoms with Crippen molar-refractivity contribution in [3.63, 3.8) is 0 Å². The van der Waals surface area contributed by atoms with Crippen LogP contribution in [0.4, 0.5) is 0 Å². The molecule has 2 heterocycles. The van der Waals surface area contributed by atoms with E-state index in [0.717, 1.165) is 31.6 Å². The first-order valence-corrected chi connectivity index (χ1v) is 7.43. The van der Waals surface area contributed by atoms with E-state index >= 15 is 0 Å². The highest BCUT2D eigenvalue weighted by Gasteiger charge is 2.24. The van der Waals surface area contributed by atoms with Crippen molar-refractivity contribution in [3.8, 4) is 0 Å². The van der Waals surface area contributed by atoms with Crippen LogP contribution in [-0.2, 0) is 4.74 Å². The van der Waals surface area contributed by atoms with Crippen LogP contribution in [0.3, 0.4) is 0 Å². The van der Waals surface area contributed by atoms with Gasteiger partial charge in [0.15, 0.2) is 0 Å². The molecule has 21 heavy (non-hydrogen) atoms. The van der Waals surface area contributed by atoms with Crippen LogP contribution in [0.25, 0.3) is 0 Å². The predicted molar refractivity (Wildman–Crippen MR) is 78.0 cm³/mol. The van der Waals surface area contributed by atoms with Gasteiger partial charge in [0, 0.05) is 31.3 Å². The van der Waals surface area contributed by atoms with E-state index in [4.69, 9.17) is 10.5 Å². The zero-order valence-corrected chi connectivity index (χ0v) is 12.4. The lowest BCUT2D eigenvalue weighted by Gasteiger charge is -2.33. The molecule has 1 aliphatic heterocycles. The molecular formula is C14H24N4O3. The van der Waals surface area contributed by atoms with E-state index in [9.17, 15) is 9.90 Å². The number of H-pyrrole nitrogens is 1. The number of aromatic nitrogens is 2. The molecule has 7 heteroatoms. The zero-order valence-electron chi connectivity index (χ0n) is 12.4. The number of primary amides is 1. The van der Waals surface area contributed by atoms with Gasteiger partial charge >= 0.3 is 0 Å². The van der Waals surface area contributed by atoms with E-state index in [1.54, 1.807) is 6.07 Å². The highest BCUT2D eigenvalue weighted by atomic mass is 16.5. The van der Waals surface area contributed by atoms with Gasteiger partial charge in [-0.05, 0) is 32.4 Å². The van der Waals surface area contributed by atoms with Crippen molar-refractivity contribution in [2.75, 3.05) is 32.8 Å². The molecule has 0 aromatic carbocycles. The molecule has 0 bridgehead atoms. The topological polar surface area (TPSA) is 104 Å². The van der Waals surface area contributed by atoms with E-state index in [0.29, 0.717) is 25.7 Å². The number of amides is 1. The van der Waals surface area contributed by atoms with Crippen LogP contribution in [0, 0.1) is 0 Å². The van der Waals surface area contributed by atoms with Crippen LogP contribution in [0.5, 0.6) is 0 Å². The Bertz CT molecular complexity index is 463. The van der Waals surface area contributed by atoms with E-state index in [1.165, 1.54) is 0 Å². The maximum Gasteiger partial charge on any atom is 0.269 e. The molecule has 4 N–H and O–H groups in total. The number of hydrogen-bond donors (Lipinski definition) is 3. The molecule has 0 radical (unpaired) electrons. The third-order valence-electron chi connectivity index (χ3n) is 3.78. The van der Waals surface area contributed by atoms with Crippen LogP contribution >= 0.6 is 0 Å². The summed E-state index contributed by atoms with van der Waals surface area (Å²) < 4.78 is 5.23. The first-order chi connectivity index (χ1) is 10.1. The van der Waals surface area contributed by atoms with Crippen LogP contribution in [0.1, 0.15) is 41.9 Å². The number of likely N-dealkylation sites (tertiary alicyclic amines) is 1. The number of ether oxygens (including phenoxy) is 1. The summed E-state index contributed by atoms with van der Waals surface area (Å²) in [6.07, 6.45) is 1.63. The predicted octanol–water partition coefficient (Wildman–Crippen LogP) is 0.0854. The van der Waals surface area contributed by atoms with E-state index in [1.807, 2.05) is 6.92 Å². The van der Waals surface area contributed by atoms with Crippen molar-refractivity contribution in [1.82, 2.24) is 15.1 Å². The maximum atomic E-state index is 11.1. The zero-order chi connectivity index (χ0) is 15.2. The van der Waals surface area contributed by atoms with E-state index in [2.05, 4.69) is 15.1 Å². The summed E-state index contributed by atoms with van der Waals surface area (Å²) in [6.45, 7) is 5.31. The fourth-order valence-electron chi connectivity index (χ4n) is 2.75. The fraction of sp³-hybridized carbons (Fsp3) is 0.714. The van der Waals surface area contributed by atoms with Gasteiger partial charge in [-0.25, -0.2) is 0 Å². The van der Waals surface area contributed by atoms with Gasteiger partial charge in [-0.1, -0.05) is 0 Å². The van der Waals surface area contributed by atoms with Crippen molar-refractivity contribution >= 4 is 5.91 Å². The number of aromatic amines is 1. The summed E-state index contributed by atoms with van der Waals surface area (Å²) in [5.41, 5.74) is 6.43. The Morgan fingerprint density at radius 1 is 1.71 bits per heavy atom. The lowest BCUT2D eigenvalue weighted by atomic mass is 9.94. The van der Waals surface area contributed by atoms with Gasteiger partial charge in [0.1, 0.15) is 5.69 Å². The summed E-state index contributed by atoms with van der Waals surface area (Å²) in [4.78, 5) is 13.3. The molecule has 0 spiro atoms.